The zero-order chi connectivity index (χ0) is 23.3. The van der Waals surface area contributed by atoms with Crippen LogP contribution in [-0.2, 0) is 15.7 Å². The van der Waals surface area contributed by atoms with E-state index in [9.17, 15) is 22.8 Å². The van der Waals surface area contributed by atoms with Crippen LogP contribution in [0.4, 0.5) is 18.0 Å². The van der Waals surface area contributed by atoms with Gasteiger partial charge in [0.2, 0.25) is 11.8 Å². The summed E-state index contributed by atoms with van der Waals surface area (Å²) in [4.78, 5) is 27.8. The number of nitrogens with one attached hydrogen (secondary N) is 2. The van der Waals surface area contributed by atoms with Gasteiger partial charge in [-0.15, -0.1) is 0 Å². The lowest BCUT2D eigenvalue weighted by Crippen LogP contribution is -2.53. The Morgan fingerprint density at radius 3 is 2.27 bits per heavy atom. The smallest absolute Gasteiger partial charge is 0.417 e. The Hall–Kier alpha value is -2.07. The lowest BCUT2D eigenvalue weighted by Gasteiger charge is -2.26. The monoisotopic (exact) mass is 453 g/mol. The van der Waals surface area contributed by atoms with Gasteiger partial charge in [0.25, 0.3) is 0 Å². The van der Waals surface area contributed by atoms with Crippen molar-refractivity contribution in [1.82, 2.24) is 15.6 Å². The number of imide groups is 1. The number of nitrogens with zero attached hydrogens (tertiary/aromatic N) is 1. The molecule has 0 spiro atoms. The van der Waals surface area contributed by atoms with Crippen molar-refractivity contribution in [3.63, 3.8) is 0 Å². The number of hydrogen-bond acceptors (Lipinski definition) is 6. The van der Waals surface area contributed by atoms with Crippen LogP contribution in [0.3, 0.4) is 0 Å². The van der Waals surface area contributed by atoms with Crippen molar-refractivity contribution < 1.29 is 32.2 Å². The van der Waals surface area contributed by atoms with E-state index in [-0.39, 0.29) is 23.4 Å². The van der Waals surface area contributed by atoms with Gasteiger partial charge in [0.05, 0.1) is 11.6 Å². The molecule has 1 rings (SSSR count). The van der Waals surface area contributed by atoms with Crippen molar-refractivity contribution in [3.05, 3.63) is 22.8 Å². The second-order valence-corrected chi connectivity index (χ2v) is 8.51. The highest BCUT2D eigenvalue weighted by atomic mass is 35.5. The number of halogens is 4. The molecule has 0 aliphatic heterocycles. The van der Waals surface area contributed by atoms with E-state index in [4.69, 9.17) is 21.1 Å². The largest absolute Gasteiger partial charge is 0.475 e. The first kappa shape index (κ1) is 26.0. The molecule has 1 heterocycles. The van der Waals surface area contributed by atoms with Crippen LogP contribution < -0.4 is 15.4 Å². The van der Waals surface area contributed by atoms with Crippen molar-refractivity contribution >= 4 is 23.6 Å². The fraction of sp³-hybridized carbons (Fsp3) is 0.632. The molecule has 0 aliphatic carbocycles. The van der Waals surface area contributed by atoms with Gasteiger partial charge in [0.15, 0.2) is 0 Å². The first-order chi connectivity index (χ1) is 13.6. The van der Waals surface area contributed by atoms with Crippen molar-refractivity contribution in [1.29, 1.82) is 0 Å². The van der Waals surface area contributed by atoms with Crippen LogP contribution in [0, 0.1) is 5.92 Å². The number of ether oxygens (including phenoxy) is 2. The first-order valence-electron chi connectivity index (χ1n) is 9.25. The number of carbonyl (C=O) groups is 2. The summed E-state index contributed by atoms with van der Waals surface area (Å²) in [7, 11) is 0. The molecule has 0 aliphatic rings. The van der Waals surface area contributed by atoms with Crippen molar-refractivity contribution in [2.45, 2.75) is 65.4 Å². The summed E-state index contributed by atoms with van der Waals surface area (Å²) >= 11 is 5.81. The Kier molecular flexibility index (Phi) is 8.91. The maximum atomic E-state index is 12.7. The summed E-state index contributed by atoms with van der Waals surface area (Å²) < 4.78 is 48.5. The summed E-state index contributed by atoms with van der Waals surface area (Å²) in [6, 6.07) is -0.429. The number of alkyl carbamates (subject to hydrolysis) is 1. The van der Waals surface area contributed by atoms with Crippen LogP contribution in [0.5, 0.6) is 5.88 Å². The molecule has 1 aromatic heterocycles. The van der Waals surface area contributed by atoms with Crippen molar-refractivity contribution in [3.8, 4) is 5.88 Å². The standard InChI is InChI=1S/C19H27ClF3N3O4/c1-10(2)14(15(27)26-17(28)30-18(4,5)6)25-11(3)9-29-16-13(20)7-12(8-24-16)19(21,22)23/h7-8,10-11,14,25H,9H2,1-6H3,(H,26,27,28)/t11?,14-/m0/s1. The van der Waals surface area contributed by atoms with Crippen LogP contribution in [0.2, 0.25) is 5.02 Å². The van der Waals surface area contributed by atoms with Gasteiger partial charge in [0, 0.05) is 12.2 Å². The highest BCUT2D eigenvalue weighted by molar-refractivity contribution is 6.31. The number of alkyl halides is 3. The predicted octanol–water partition coefficient (Wildman–Crippen LogP) is 4.19. The minimum Gasteiger partial charge on any atom is -0.475 e. The van der Waals surface area contributed by atoms with Crippen LogP contribution >= 0.6 is 11.6 Å². The second kappa shape index (κ2) is 10.3. The highest BCUT2D eigenvalue weighted by Crippen LogP contribution is 2.33. The molecule has 2 atom stereocenters. The van der Waals surface area contributed by atoms with Crippen LogP contribution in [-0.4, -0.2) is 41.3 Å². The summed E-state index contributed by atoms with van der Waals surface area (Å²) in [6.45, 7) is 10.3. The summed E-state index contributed by atoms with van der Waals surface area (Å²) in [5, 5.41) is 4.92. The quantitative estimate of drug-likeness (QED) is 0.643. The zero-order valence-electron chi connectivity index (χ0n) is 17.7. The normalized spacial score (nSPS) is 14.2. The molecule has 170 valence electrons. The molecule has 2 N–H and O–H groups in total. The third-order valence-electron chi connectivity index (χ3n) is 3.64. The van der Waals surface area contributed by atoms with E-state index in [0.29, 0.717) is 6.20 Å². The number of carbonyl (C=O) groups excluding carboxylic acids is 2. The average molecular weight is 454 g/mol. The fourth-order valence-corrected chi connectivity index (χ4v) is 2.52. The summed E-state index contributed by atoms with van der Waals surface area (Å²) in [6.07, 6.45) is -4.79. The van der Waals surface area contributed by atoms with E-state index in [1.54, 1.807) is 41.5 Å². The Labute approximate surface area is 178 Å². The van der Waals surface area contributed by atoms with Crippen LogP contribution in [0.25, 0.3) is 0 Å². The third-order valence-corrected chi connectivity index (χ3v) is 3.91. The first-order valence-corrected chi connectivity index (χ1v) is 9.63. The number of amides is 2. The van der Waals surface area contributed by atoms with Crippen molar-refractivity contribution in [2.24, 2.45) is 5.92 Å². The van der Waals surface area contributed by atoms with E-state index in [1.165, 1.54) is 0 Å². The van der Waals surface area contributed by atoms with Gasteiger partial charge < -0.3 is 9.47 Å². The van der Waals surface area contributed by atoms with Gasteiger partial charge in [-0.2, -0.15) is 13.2 Å². The van der Waals surface area contributed by atoms with Crippen molar-refractivity contribution in [2.75, 3.05) is 6.61 Å². The maximum Gasteiger partial charge on any atom is 0.417 e. The topological polar surface area (TPSA) is 89.5 Å². The minimum atomic E-state index is -4.56. The molecule has 0 fully saturated rings. The molecule has 0 aromatic carbocycles. The average Bonchev–Trinajstić information content (AvgIpc) is 2.55. The highest BCUT2D eigenvalue weighted by Gasteiger charge is 2.32. The molecule has 0 radical (unpaired) electrons. The van der Waals surface area contributed by atoms with E-state index in [1.807, 2.05) is 0 Å². The number of pyridine rings is 1. The molecule has 1 unspecified atom stereocenters. The van der Waals surface area contributed by atoms with E-state index in [0.717, 1.165) is 6.07 Å². The zero-order valence-corrected chi connectivity index (χ0v) is 18.4. The Morgan fingerprint density at radius 1 is 1.20 bits per heavy atom. The summed E-state index contributed by atoms with van der Waals surface area (Å²) in [5.74, 6) is -0.905. The molecule has 11 heteroatoms. The van der Waals surface area contributed by atoms with E-state index in [2.05, 4.69) is 15.6 Å². The maximum absolute atomic E-state index is 12.7. The van der Waals surface area contributed by atoms with Gasteiger partial charge in [0.1, 0.15) is 17.2 Å². The molecule has 2 amide bonds. The molecule has 7 nitrogen and oxygen atoms in total. The molecule has 0 saturated heterocycles. The molecule has 0 saturated carbocycles. The lowest BCUT2D eigenvalue weighted by molar-refractivity contribution is -0.137. The molecule has 1 aromatic rings. The van der Waals surface area contributed by atoms with Gasteiger partial charge in [-0.3, -0.25) is 15.4 Å². The Bertz CT molecular complexity index is 752. The molecular formula is C19H27ClF3N3O4. The van der Waals surface area contributed by atoms with E-state index < -0.39 is 41.4 Å². The van der Waals surface area contributed by atoms with Gasteiger partial charge in [-0.05, 0) is 39.7 Å². The number of hydrogen-bond donors (Lipinski definition) is 2. The van der Waals surface area contributed by atoms with Crippen LogP contribution in [0.15, 0.2) is 12.3 Å². The van der Waals surface area contributed by atoms with Crippen LogP contribution in [0.1, 0.15) is 47.1 Å². The Balaban J connectivity index is 2.69. The second-order valence-electron chi connectivity index (χ2n) is 8.10. The lowest BCUT2D eigenvalue weighted by atomic mass is 10.0. The molecule has 0 bridgehead atoms. The SMILES string of the molecule is CC(COc1ncc(C(F)(F)F)cc1Cl)N[C@H](C(=O)NC(=O)OC(C)(C)C)C(C)C. The minimum absolute atomic E-state index is 0.0268. The third kappa shape index (κ3) is 8.74. The number of aromatic nitrogens is 1. The van der Waals surface area contributed by atoms with Gasteiger partial charge in [-0.1, -0.05) is 25.4 Å². The van der Waals surface area contributed by atoms with Gasteiger partial charge >= 0.3 is 12.3 Å². The fourth-order valence-electron chi connectivity index (χ4n) is 2.30. The Morgan fingerprint density at radius 2 is 1.80 bits per heavy atom. The molecule has 30 heavy (non-hydrogen) atoms. The number of rotatable bonds is 7. The van der Waals surface area contributed by atoms with E-state index >= 15 is 0 Å². The van der Waals surface area contributed by atoms with Gasteiger partial charge in [-0.25, -0.2) is 9.78 Å². The summed E-state index contributed by atoms with van der Waals surface area (Å²) in [5.41, 5.74) is -1.73. The molecular weight excluding hydrogens is 427 g/mol. The predicted molar refractivity (Wildman–Crippen MR) is 105 cm³/mol.